The van der Waals surface area contributed by atoms with Crippen molar-refractivity contribution in [3.8, 4) is 11.5 Å². The summed E-state index contributed by atoms with van der Waals surface area (Å²) >= 11 is 5.85. The Morgan fingerprint density at radius 1 is 1.20 bits per heavy atom. The second-order valence-electron chi connectivity index (χ2n) is 7.64. The number of unbranched alkanes of at least 4 members (excludes halogenated alkanes) is 1. The van der Waals surface area contributed by atoms with E-state index < -0.39 is 12.1 Å². The lowest BCUT2D eigenvalue weighted by molar-refractivity contribution is 0.0445. The Labute approximate surface area is 180 Å². The van der Waals surface area contributed by atoms with Crippen LogP contribution in [0.25, 0.3) is 0 Å². The maximum Gasteiger partial charge on any atom is 0.409 e. The SMILES string of the molecule is CCCCOC(=O)N1CCC(c2cccc3c2O[C@H](c2ccc(Cl)cc2F)O3)CC1. The highest BCUT2D eigenvalue weighted by atomic mass is 35.5. The fourth-order valence-corrected chi connectivity index (χ4v) is 4.07. The minimum absolute atomic E-state index is 0.233. The van der Waals surface area contributed by atoms with Gasteiger partial charge in [-0.25, -0.2) is 9.18 Å². The first-order valence-corrected chi connectivity index (χ1v) is 10.8. The van der Waals surface area contributed by atoms with Crippen molar-refractivity contribution < 1.29 is 23.4 Å². The Balaban J connectivity index is 1.43. The van der Waals surface area contributed by atoms with Crippen LogP contribution in [0.15, 0.2) is 36.4 Å². The minimum Gasteiger partial charge on any atom is -0.449 e. The zero-order chi connectivity index (χ0) is 21.1. The van der Waals surface area contributed by atoms with Crippen LogP contribution in [-0.2, 0) is 4.74 Å². The molecule has 0 unspecified atom stereocenters. The molecule has 160 valence electrons. The Morgan fingerprint density at radius 2 is 2.00 bits per heavy atom. The fraction of sp³-hybridized carbons (Fsp3) is 0.435. The first-order chi connectivity index (χ1) is 14.6. The zero-order valence-corrected chi connectivity index (χ0v) is 17.7. The monoisotopic (exact) mass is 433 g/mol. The molecule has 2 heterocycles. The van der Waals surface area contributed by atoms with Crippen LogP contribution in [0.1, 0.15) is 55.9 Å². The van der Waals surface area contributed by atoms with E-state index in [1.807, 2.05) is 18.2 Å². The van der Waals surface area contributed by atoms with Gasteiger partial charge >= 0.3 is 6.09 Å². The van der Waals surface area contributed by atoms with Crippen LogP contribution in [0.5, 0.6) is 11.5 Å². The smallest absolute Gasteiger partial charge is 0.409 e. The van der Waals surface area contributed by atoms with Crippen LogP contribution in [0.2, 0.25) is 5.02 Å². The number of halogens is 2. The van der Waals surface area contributed by atoms with Gasteiger partial charge in [-0.1, -0.05) is 37.1 Å². The molecule has 2 aliphatic heterocycles. The van der Waals surface area contributed by atoms with E-state index >= 15 is 0 Å². The van der Waals surface area contributed by atoms with Crippen LogP contribution in [0.3, 0.4) is 0 Å². The number of carbonyl (C=O) groups excluding carboxylic acids is 1. The molecule has 0 saturated carbocycles. The van der Waals surface area contributed by atoms with Gasteiger partial charge in [0.15, 0.2) is 11.5 Å². The van der Waals surface area contributed by atoms with Crippen LogP contribution < -0.4 is 9.47 Å². The number of hydrogen-bond acceptors (Lipinski definition) is 4. The lowest BCUT2D eigenvalue weighted by atomic mass is 9.89. The zero-order valence-electron chi connectivity index (χ0n) is 16.9. The molecule has 0 aromatic heterocycles. The number of benzene rings is 2. The molecule has 2 aliphatic rings. The maximum atomic E-state index is 14.3. The van der Waals surface area contributed by atoms with Gasteiger partial charge in [0.2, 0.25) is 0 Å². The number of nitrogens with zero attached hydrogens (tertiary/aromatic N) is 1. The van der Waals surface area contributed by atoms with Crippen molar-refractivity contribution in [3.05, 3.63) is 58.4 Å². The molecule has 7 heteroatoms. The third-order valence-corrected chi connectivity index (χ3v) is 5.84. The van der Waals surface area contributed by atoms with E-state index in [1.165, 1.54) is 6.07 Å². The van der Waals surface area contributed by atoms with Gasteiger partial charge in [-0.3, -0.25) is 0 Å². The van der Waals surface area contributed by atoms with Crippen molar-refractivity contribution >= 4 is 17.7 Å². The largest absolute Gasteiger partial charge is 0.449 e. The summed E-state index contributed by atoms with van der Waals surface area (Å²) in [4.78, 5) is 13.9. The number of hydrogen-bond donors (Lipinski definition) is 0. The number of ether oxygens (including phenoxy) is 3. The molecule has 0 radical (unpaired) electrons. The molecule has 1 amide bonds. The molecule has 1 saturated heterocycles. The summed E-state index contributed by atoms with van der Waals surface area (Å²) in [5.74, 6) is 1.03. The molecule has 30 heavy (non-hydrogen) atoms. The second-order valence-corrected chi connectivity index (χ2v) is 8.07. The lowest BCUT2D eigenvalue weighted by Gasteiger charge is -2.31. The molecule has 5 nitrogen and oxygen atoms in total. The van der Waals surface area contributed by atoms with Gasteiger partial charge in [-0.2, -0.15) is 0 Å². The van der Waals surface area contributed by atoms with Gasteiger partial charge in [0.05, 0.1) is 12.2 Å². The highest BCUT2D eigenvalue weighted by molar-refractivity contribution is 6.30. The average molecular weight is 434 g/mol. The molecular formula is C23H25ClFNO4. The summed E-state index contributed by atoms with van der Waals surface area (Å²) in [5, 5.41) is 0.326. The van der Waals surface area contributed by atoms with Gasteiger partial charge in [0.25, 0.3) is 6.29 Å². The van der Waals surface area contributed by atoms with Crippen LogP contribution in [-0.4, -0.2) is 30.7 Å². The van der Waals surface area contributed by atoms with Crippen LogP contribution >= 0.6 is 11.6 Å². The number of rotatable bonds is 5. The van der Waals surface area contributed by atoms with Crippen molar-refractivity contribution in [2.24, 2.45) is 0 Å². The van der Waals surface area contributed by atoms with Crippen LogP contribution in [0.4, 0.5) is 9.18 Å². The van der Waals surface area contributed by atoms with Crippen molar-refractivity contribution in [3.63, 3.8) is 0 Å². The minimum atomic E-state index is -0.841. The highest BCUT2D eigenvalue weighted by Gasteiger charge is 2.33. The molecule has 2 aromatic carbocycles. The molecule has 1 atom stereocenters. The third kappa shape index (κ3) is 4.33. The molecule has 4 rings (SSSR count). The van der Waals surface area contributed by atoms with Gasteiger partial charge < -0.3 is 19.1 Å². The lowest BCUT2D eigenvalue weighted by Crippen LogP contribution is -2.38. The fourth-order valence-electron chi connectivity index (χ4n) is 3.91. The predicted octanol–water partition coefficient (Wildman–Crippen LogP) is 6.07. The first-order valence-electron chi connectivity index (χ1n) is 10.4. The second kappa shape index (κ2) is 9.13. The normalized spacial score (nSPS) is 18.5. The number of amides is 1. The number of piperidine rings is 1. The topological polar surface area (TPSA) is 48.0 Å². The van der Waals surface area contributed by atoms with Gasteiger partial charge in [0, 0.05) is 23.7 Å². The van der Waals surface area contributed by atoms with Crippen molar-refractivity contribution in [1.29, 1.82) is 0 Å². The van der Waals surface area contributed by atoms with E-state index in [4.69, 9.17) is 25.8 Å². The standard InChI is InChI=1S/C23H25ClFNO4/c1-2-3-13-28-23(27)26-11-9-15(10-12-26)17-5-4-6-20-21(17)30-22(29-20)18-8-7-16(24)14-19(18)25/h4-8,14-15,22H,2-3,9-13H2,1H3/t22-/m1/s1. The summed E-state index contributed by atoms with van der Waals surface area (Å²) in [7, 11) is 0. The van der Waals surface area contributed by atoms with Gasteiger partial charge in [0.1, 0.15) is 5.82 Å². The molecule has 2 aromatic rings. The molecule has 1 fully saturated rings. The maximum absolute atomic E-state index is 14.3. The molecule has 0 aliphatic carbocycles. The quantitative estimate of drug-likeness (QED) is 0.537. The molecule has 0 bridgehead atoms. The predicted molar refractivity (Wildman–Crippen MR) is 112 cm³/mol. The average Bonchev–Trinajstić information content (AvgIpc) is 3.18. The number of para-hydroxylation sites is 1. The Morgan fingerprint density at radius 3 is 2.73 bits per heavy atom. The van der Waals surface area contributed by atoms with E-state index in [0.717, 1.165) is 31.2 Å². The van der Waals surface area contributed by atoms with Crippen LogP contribution in [0, 0.1) is 5.82 Å². The number of likely N-dealkylation sites (tertiary alicyclic amines) is 1. The third-order valence-electron chi connectivity index (χ3n) is 5.60. The summed E-state index contributed by atoms with van der Waals surface area (Å²) in [6.45, 7) is 3.80. The van der Waals surface area contributed by atoms with E-state index in [-0.39, 0.29) is 12.0 Å². The van der Waals surface area contributed by atoms with Crippen molar-refractivity contribution in [1.82, 2.24) is 4.90 Å². The number of fused-ring (bicyclic) bond motifs is 1. The Hall–Kier alpha value is -2.47. The van der Waals surface area contributed by atoms with E-state index in [1.54, 1.807) is 17.0 Å². The number of carbonyl (C=O) groups is 1. The van der Waals surface area contributed by atoms with Gasteiger partial charge in [-0.05, 0) is 49.4 Å². The first kappa shape index (κ1) is 20.8. The summed E-state index contributed by atoms with van der Waals surface area (Å²) < 4.78 is 31.5. The van der Waals surface area contributed by atoms with Crippen molar-refractivity contribution in [2.75, 3.05) is 19.7 Å². The summed E-state index contributed by atoms with van der Waals surface area (Å²) in [5.41, 5.74) is 1.34. The van der Waals surface area contributed by atoms with Crippen molar-refractivity contribution in [2.45, 2.75) is 44.8 Å². The molecular weight excluding hydrogens is 409 g/mol. The molecule has 0 spiro atoms. The van der Waals surface area contributed by atoms with E-state index in [0.29, 0.717) is 41.8 Å². The van der Waals surface area contributed by atoms with E-state index in [2.05, 4.69) is 6.92 Å². The van der Waals surface area contributed by atoms with Gasteiger partial charge in [-0.15, -0.1) is 0 Å². The Kier molecular flexibility index (Phi) is 6.32. The highest BCUT2D eigenvalue weighted by Crippen LogP contribution is 2.47. The summed E-state index contributed by atoms with van der Waals surface area (Å²) in [6.07, 6.45) is 2.42. The summed E-state index contributed by atoms with van der Waals surface area (Å²) in [6, 6.07) is 10.2. The molecule has 0 N–H and O–H groups in total. The van der Waals surface area contributed by atoms with E-state index in [9.17, 15) is 9.18 Å². The Bertz CT molecular complexity index is 914.